The van der Waals surface area contributed by atoms with Crippen molar-refractivity contribution < 1.29 is 0 Å². The van der Waals surface area contributed by atoms with Crippen LogP contribution < -0.4 is 5.43 Å². The zero-order chi connectivity index (χ0) is 17.3. The number of benzene rings is 1. The average molecular weight is 397 g/mol. The Kier molecular flexibility index (Phi) is 5.20. The Morgan fingerprint density at radius 2 is 1.96 bits per heavy atom. The van der Waals surface area contributed by atoms with Crippen LogP contribution in [0.1, 0.15) is 23.2 Å². The van der Waals surface area contributed by atoms with Crippen molar-refractivity contribution in [3.8, 4) is 10.6 Å². The second kappa shape index (κ2) is 7.19. The third kappa shape index (κ3) is 3.78. The van der Waals surface area contributed by atoms with Gasteiger partial charge in [-0.05, 0) is 38.5 Å². The fraction of sp³-hybridized carbons (Fsp3) is 0.188. The Hall–Kier alpha value is -1.47. The number of hydrogen-bond acceptors (Lipinski definition) is 6. The van der Waals surface area contributed by atoms with Crippen molar-refractivity contribution in [2.75, 3.05) is 5.43 Å². The molecule has 3 aromatic rings. The van der Waals surface area contributed by atoms with Crippen LogP contribution in [0, 0.1) is 13.8 Å². The molecule has 0 saturated heterocycles. The second-order valence-electron chi connectivity index (χ2n) is 5.12. The van der Waals surface area contributed by atoms with E-state index in [1.165, 1.54) is 11.3 Å². The second-order valence-corrected chi connectivity index (χ2v) is 8.00. The van der Waals surface area contributed by atoms with E-state index in [-0.39, 0.29) is 0 Å². The molecule has 0 spiro atoms. The van der Waals surface area contributed by atoms with E-state index in [4.69, 9.17) is 23.2 Å². The summed E-state index contributed by atoms with van der Waals surface area (Å²) >= 11 is 15.1. The first-order chi connectivity index (χ1) is 11.4. The number of rotatable bonds is 4. The summed E-state index contributed by atoms with van der Waals surface area (Å²) in [7, 11) is 0. The van der Waals surface area contributed by atoms with E-state index in [2.05, 4.69) is 20.5 Å². The number of hydrazone groups is 1. The van der Waals surface area contributed by atoms with E-state index in [1.807, 2.05) is 32.2 Å². The Bertz CT molecular complexity index is 915. The van der Waals surface area contributed by atoms with Gasteiger partial charge < -0.3 is 0 Å². The molecule has 1 aromatic carbocycles. The lowest BCUT2D eigenvalue weighted by Gasteiger charge is -2.03. The van der Waals surface area contributed by atoms with Crippen LogP contribution in [0.4, 0.5) is 5.13 Å². The minimum atomic E-state index is 0.510. The summed E-state index contributed by atoms with van der Waals surface area (Å²) in [5, 5.41) is 9.19. The lowest BCUT2D eigenvalue weighted by Crippen LogP contribution is -1.99. The number of hydrogen-bond donors (Lipinski definition) is 1. The number of nitrogens with zero attached hydrogens (tertiary/aromatic N) is 3. The molecule has 2 heterocycles. The van der Waals surface area contributed by atoms with Crippen molar-refractivity contribution in [3.05, 3.63) is 49.9 Å². The molecule has 0 amide bonds. The number of thiazole rings is 2. The zero-order valence-corrected chi connectivity index (χ0v) is 16.4. The highest BCUT2D eigenvalue weighted by atomic mass is 35.5. The molecular formula is C16H14Cl2N4S2. The van der Waals surface area contributed by atoms with Crippen molar-refractivity contribution in [1.82, 2.24) is 9.97 Å². The normalized spacial score (nSPS) is 11.8. The standard InChI is InChI=1S/C16H14Cl2N4S2/c1-8(11-4-5-12(17)13(18)6-11)21-22-16-20-14(7-23-16)15-9(2)19-10(3)24-15/h4-7H,1-3H3,(H,20,22). The van der Waals surface area contributed by atoms with Gasteiger partial charge in [-0.15, -0.1) is 22.7 Å². The zero-order valence-electron chi connectivity index (χ0n) is 13.2. The smallest absolute Gasteiger partial charge is 0.203 e. The molecule has 0 aliphatic carbocycles. The van der Waals surface area contributed by atoms with Gasteiger partial charge in [0.25, 0.3) is 0 Å². The molecule has 0 aliphatic rings. The summed E-state index contributed by atoms with van der Waals surface area (Å²) in [5.74, 6) is 0. The van der Waals surface area contributed by atoms with Crippen LogP contribution in [-0.2, 0) is 0 Å². The quantitative estimate of drug-likeness (QED) is 0.432. The van der Waals surface area contributed by atoms with Crippen molar-refractivity contribution in [1.29, 1.82) is 0 Å². The molecule has 0 bridgehead atoms. The van der Waals surface area contributed by atoms with Crippen molar-refractivity contribution in [2.45, 2.75) is 20.8 Å². The Labute approximate surface area is 158 Å². The van der Waals surface area contributed by atoms with E-state index in [0.29, 0.717) is 10.0 Å². The fourth-order valence-electron chi connectivity index (χ4n) is 2.12. The molecule has 0 saturated carbocycles. The van der Waals surface area contributed by atoms with Gasteiger partial charge >= 0.3 is 0 Å². The lowest BCUT2D eigenvalue weighted by molar-refractivity contribution is 1.20. The number of aryl methyl sites for hydroxylation is 2. The Balaban J connectivity index is 1.77. The Morgan fingerprint density at radius 3 is 2.62 bits per heavy atom. The predicted molar refractivity (Wildman–Crippen MR) is 105 cm³/mol. The molecule has 124 valence electrons. The number of aromatic nitrogens is 2. The van der Waals surface area contributed by atoms with Gasteiger partial charge in [-0.3, -0.25) is 5.43 Å². The van der Waals surface area contributed by atoms with Crippen LogP contribution in [0.25, 0.3) is 10.6 Å². The predicted octanol–water partition coefficient (Wildman–Crippen LogP) is 6.03. The summed E-state index contributed by atoms with van der Waals surface area (Å²) in [5.41, 5.74) is 6.63. The molecule has 2 aromatic heterocycles. The third-order valence-electron chi connectivity index (χ3n) is 3.30. The fourth-order valence-corrected chi connectivity index (χ4v) is 4.01. The van der Waals surface area contributed by atoms with Crippen LogP contribution in [0.5, 0.6) is 0 Å². The van der Waals surface area contributed by atoms with Crippen LogP contribution >= 0.6 is 45.9 Å². The van der Waals surface area contributed by atoms with Gasteiger partial charge in [0, 0.05) is 5.38 Å². The monoisotopic (exact) mass is 396 g/mol. The Morgan fingerprint density at radius 1 is 1.17 bits per heavy atom. The summed E-state index contributed by atoms with van der Waals surface area (Å²) in [6, 6.07) is 5.43. The van der Waals surface area contributed by atoms with Crippen molar-refractivity contribution in [3.63, 3.8) is 0 Å². The molecule has 24 heavy (non-hydrogen) atoms. The molecule has 1 N–H and O–H groups in total. The maximum absolute atomic E-state index is 6.04. The molecule has 0 aliphatic heterocycles. The maximum atomic E-state index is 6.04. The summed E-state index contributed by atoms with van der Waals surface area (Å²) < 4.78 is 0. The first kappa shape index (κ1) is 17.4. The van der Waals surface area contributed by atoms with Gasteiger partial charge in [0.15, 0.2) is 0 Å². The van der Waals surface area contributed by atoms with Gasteiger partial charge in [-0.25, -0.2) is 9.97 Å². The van der Waals surface area contributed by atoms with Crippen LogP contribution in [0.2, 0.25) is 10.0 Å². The first-order valence-corrected chi connectivity index (χ1v) is 9.55. The largest absolute Gasteiger partial charge is 0.252 e. The van der Waals surface area contributed by atoms with Gasteiger partial charge in [0.1, 0.15) is 0 Å². The molecule has 0 unspecified atom stereocenters. The highest BCUT2D eigenvalue weighted by molar-refractivity contribution is 7.16. The van der Waals surface area contributed by atoms with Gasteiger partial charge in [-0.2, -0.15) is 5.10 Å². The number of nitrogens with one attached hydrogen (secondary N) is 1. The summed E-state index contributed by atoms with van der Waals surface area (Å²) in [4.78, 5) is 10.1. The summed E-state index contributed by atoms with van der Waals surface area (Å²) in [6.07, 6.45) is 0. The molecule has 4 nitrogen and oxygen atoms in total. The molecule has 0 atom stereocenters. The van der Waals surface area contributed by atoms with Crippen molar-refractivity contribution >= 4 is 56.7 Å². The molecular weight excluding hydrogens is 383 g/mol. The molecule has 0 radical (unpaired) electrons. The first-order valence-electron chi connectivity index (χ1n) is 7.09. The SMILES string of the molecule is CC(=NNc1nc(-c2sc(C)nc2C)cs1)c1ccc(Cl)c(Cl)c1. The van der Waals surface area contributed by atoms with Crippen LogP contribution in [0.3, 0.4) is 0 Å². The molecule has 3 rings (SSSR count). The highest BCUT2D eigenvalue weighted by Crippen LogP contribution is 2.32. The summed E-state index contributed by atoms with van der Waals surface area (Å²) in [6.45, 7) is 5.90. The topological polar surface area (TPSA) is 50.2 Å². The van der Waals surface area contributed by atoms with Gasteiger partial charge in [-0.1, -0.05) is 29.3 Å². The highest BCUT2D eigenvalue weighted by Gasteiger charge is 2.11. The third-order valence-corrected chi connectivity index (χ3v) is 5.88. The number of halogens is 2. The molecule has 8 heteroatoms. The van der Waals surface area contributed by atoms with Crippen LogP contribution in [0.15, 0.2) is 28.7 Å². The minimum absolute atomic E-state index is 0.510. The van der Waals surface area contributed by atoms with E-state index < -0.39 is 0 Å². The van der Waals surface area contributed by atoms with E-state index in [0.717, 1.165) is 37.7 Å². The minimum Gasteiger partial charge on any atom is -0.252 e. The molecule has 0 fully saturated rings. The van der Waals surface area contributed by atoms with E-state index >= 15 is 0 Å². The van der Waals surface area contributed by atoms with E-state index in [1.54, 1.807) is 23.5 Å². The van der Waals surface area contributed by atoms with E-state index in [9.17, 15) is 0 Å². The van der Waals surface area contributed by atoms with Crippen molar-refractivity contribution in [2.24, 2.45) is 5.10 Å². The maximum Gasteiger partial charge on any atom is 0.203 e. The number of anilines is 1. The lowest BCUT2D eigenvalue weighted by atomic mass is 10.1. The van der Waals surface area contributed by atoms with Crippen LogP contribution in [-0.4, -0.2) is 15.7 Å². The van der Waals surface area contributed by atoms with Gasteiger partial charge in [0.05, 0.1) is 37.0 Å². The van der Waals surface area contributed by atoms with Gasteiger partial charge in [0.2, 0.25) is 5.13 Å². The average Bonchev–Trinajstić information content (AvgIpc) is 3.13.